The van der Waals surface area contributed by atoms with Gasteiger partial charge in [0.25, 0.3) is 0 Å². The number of halogens is 1. The number of benzene rings is 1. The van der Waals surface area contributed by atoms with Crippen molar-refractivity contribution in [1.29, 1.82) is 0 Å². The van der Waals surface area contributed by atoms with Crippen LogP contribution in [-0.2, 0) is 6.42 Å². The molecule has 0 aliphatic carbocycles. The summed E-state index contributed by atoms with van der Waals surface area (Å²) in [5.41, 5.74) is 2.43. The van der Waals surface area contributed by atoms with E-state index in [4.69, 9.17) is 21.1 Å². The lowest BCUT2D eigenvalue weighted by Gasteiger charge is -2.14. The lowest BCUT2D eigenvalue weighted by atomic mass is 9.99. The van der Waals surface area contributed by atoms with E-state index >= 15 is 0 Å². The van der Waals surface area contributed by atoms with E-state index in [0.717, 1.165) is 24.3 Å². The van der Waals surface area contributed by atoms with Crippen LogP contribution in [0.15, 0.2) is 6.07 Å². The predicted octanol–water partition coefficient (Wildman–Crippen LogP) is 2.67. The normalized spacial score (nSPS) is 22.1. The largest absolute Gasteiger partial charge is 0.453 e. The fraction of sp³-hybridized carbons (Fsp3) is 0.538. The van der Waals surface area contributed by atoms with Crippen molar-refractivity contribution in [2.75, 3.05) is 13.3 Å². The minimum atomic E-state index is 0.279. The quantitative estimate of drug-likeness (QED) is 0.879. The van der Waals surface area contributed by atoms with Gasteiger partial charge in [0.15, 0.2) is 11.5 Å². The van der Waals surface area contributed by atoms with Gasteiger partial charge >= 0.3 is 0 Å². The molecule has 1 unspecified atom stereocenters. The maximum Gasteiger partial charge on any atom is 0.231 e. The Morgan fingerprint density at radius 3 is 3.00 bits per heavy atom. The van der Waals surface area contributed by atoms with E-state index in [-0.39, 0.29) is 6.79 Å². The molecule has 1 fully saturated rings. The molecule has 0 bridgehead atoms. The van der Waals surface area contributed by atoms with Crippen LogP contribution in [0.3, 0.4) is 0 Å². The second-order valence-corrected chi connectivity index (χ2v) is 5.11. The summed E-state index contributed by atoms with van der Waals surface area (Å²) in [6, 6.07) is 2.59. The van der Waals surface area contributed by atoms with Gasteiger partial charge in [0.1, 0.15) is 0 Å². The van der Waals surface area contributed by atoms with Crippen LogP contribution in [0, 0.1) is 6.92 Å². The zero-order valence-corrected chi connectivity index (χ0v) is 10.6. The fourth-order valence-electron chi connectivity index (χ4n) is 2.62. The molecule has 1 N–H and O–H groups in total. The topological polar surface area (TPSA) is 30.5 Å². The lowest BCUT2D eigenvalue weighted by molar-refractivity contribution is 0.173. The van der Waals surface area contributed by atoms with Gasteiger partial charge < -0.3 is 14.8 Å². The summed E-state index contributed by atoms with van der Waals surface area (Å²) < 4.78 is 10.9. The molecule has 2 heterocycles. The standard InChI is InChI=1S/C13H16ClNO2/c1-8-9(5-10-3-2-4-15-10)6-11(14)13-12(8)16-7-17-13/h6,10,15H,2-5,7H2,1H3. The molecule has 4 heteroatoms. The van der Waals surface area contributed by atoms with E-state index in [9.17, 15) is 0 Å². The molecule has 3 nitrogen and oxygen atoms in total. The first-order valence-electron chi connectivity index (χ1n) is 6.06. The summed E-state index contributed by atoms with van der Waals surface area (Å²) in [5.74, 6) is 1.53. The molecule has 0 saturated carbocycles. The highest BCUT2D eigenvalue weighted by molar-refractivity contribution is 6.32. The van der Waals surface area contributed by atoms with Gasteiger partial charge in [-0.1, -0.05) is 11.6 Å². The van der Waals surface area contributed by atoms with Crippen molar-refractivity contribution in [3.05, 3.63) is 22.2 Å². The molecular formula is C13H16ClNO2. The Balaban J connectivity index is 1.91. The first kappa shape index (κ1) is 11.2. The Morgan fingerprint density at radius 2 is 2.24 bits per heavy atom. The van der Waals surface area contributed by atoms with E-state index < -0.39 is 0 Å². The highest BCUT2D eigenvalue weighted by Gasteiger charge is 2.24. The van der Waals surface area contributed by atoms with Crippen molar-refractivity contribution in [2.45, 2.75) is 32.2 Å². The minimum absolute atomic E-state index is 0.279. The number of hydrogen-bond donors (Lipinski definition) is 1. The average molecular weight is 254 g/mol. The van der Waals surface area contributed by atoms with E-state index in [0.29, 0.717) is 16.8 Å². The van der Waals surface area contributed by atoms with E-state index in [1.165, 1.54) is 18.4 Å². The monoisotopic (exact) mass is 253 g/mol. The summed E-state index contributed by atoms with van der Waals surface area (Å²) in [6.45, 7) is 3.48. The third-order valence-corrected chi connectivity index (χ3v) is 3.86. The second-order valence-electron chi connectivity index (χ2n) is 4.70. The zero-order valence-electron chi connectivity index (χ0n) is 9.88. The van der Waals surface area contributed by atoms with Gasteiger partial charge in [-0.3, -0.25) is 0 Å². The van der Waals surface area contributed by atoms with Gasteiger partial charge in [-0.25, -0.2) is 0 Å². The highest BCUT2D eigenvalue weighted by atomic mass is 35.5. The zero-order chi connectivity index (χ0) is 11.8. The van der Waals surface area contributed by atoms with Crippen molar-refractivity contribution in [1.82, 2.24) is 5.32 Å². The van der Waals surface area contributed by atoms with Crippen molar-refractivity contribution < 1.29 is 9.47 Å². The second kappa shape index (κ2) is 4.39. The van der Waals surface area contributed by atoms with Gasteiger partial charge in [-0.15, -0.1) is 0 Å². The van der Waals surface area contributed by atoms with Gasteiger partial charge in [0.05, 0.1) is 5.02 Å². The van der Waals surface area contributed by atoms with E-state index in [2.05, 4.69) is 12.2 Å². The Bertz CT molecular complexity index is 442. The third kappa shape index (κ3) is 1.98. The minimum Gasteiger partial charge on any atom is -0.453 e. The molecule has 92 valence electrons. The molecule has 0 spiro atoms. The first-order chi connectivity index (χ1) is 8.25. The van der Waals surface area contributed by atoms with Crippen LogP contribution in [-0.4, -0.2) is 19.4 Å². The molecule has 1 aromatic carbocycles. The SMILES string of the molecule is Cc1c(CC2CCCN2)cc(Cl)c2c1OCO2. The molecule has 1 saturated heterocycles. The smallest absolute Gasteiger partial charge is 0.231 e. The Kier molecular flexibility index (Phi) is 2.89. The number of hydrogen-bond acceptors (Lipinski definition) is 3. The first-order valence-corrected chi connectivity index (χ1v) is 6.44. The van der Waals surface area contributed by atoms with Crippen molar-refractivity contribution in [3.63, 3.8) is 0 Å². The van der Waals surface area contributed by atoms with Gasteiger partial charge in [-0.2, -0.15) is 0 Å². The van der Waals surface area contributed by atoms with Gasteiger partial charge in [0, 0.05) is 6.04 Å². The lowest BCUT2D eigenvalue weighted by Crippen LogP contribution is -2.24. The Morgan fingerprint density at radius 1 is 1.41 bits per heavy atom. The van der Waals surface area contributed by atoms with Crippen LogP contribution >= 0.6 is 11.6 Å². The van der Waals surface area contributed by atoms with Crippen LogP contribution in [0.2, 0.25) is 5.02 Å². The molecule has 3 rings (SSSR count). The number of fused-ring (bicyclic) bond motifs is 1. The van der Waals surface area contributed by atoms with E-state index in [1.54, 1.807) is 0 Å². The third-order valence-electron chi connectivity index (χ3n) is 3.58. The molecule has 0 radical (unpaired) electrons. The molecular weight excluding hydrogens is 238 g/mol. The Hall–Kier alpha value is -0.930. The van der Waals surface area contributed by atoms with Crippen molar-refractivity contribution in [2.24, 2.45) is 0 Å². The maximum atomic E-state index is 6.21. The van der Waals surface area contributed by atoms with Crippen molar-refractivity contribution >= 4 is 11.6 Å². The van der Waals surface area contributed by atoms with Crippen LogP contribution in [0.1, 0.15) is 24.0 Å². The fourth-order valence-corrected chi connectivity index (χ4v) is 2.89. The van der Waals surface area contributed by atoms with Gasteiger partial charge in [0.2, 0.25) is 6.79 Å². The summed E-state index contributed by atoms with van der Waals surface area (Å²) in [5, 5.41) is 4.17. The molecule has 2 aliphatic heterocycles. The van der Waals surface area contributed by atoms with Crippen LogP contribution < -0.4 is 14.8 Å². The number of rotatable bonds is 2. The average Bonchev–Trinajstić information content (AvgIpc) is 2.96. The van der Waals surface area contributed by atoms with Crippen LogP contribution in [0.5, 0.6) is 11.5 Å². The summed E-state index contributed by atoms with van der Waals surface area (Å²) >= 11 is 6.21. The molecule has 2 aliphatic rings. The molecule has 17 heavy (non-hydrogen) atoms. The molecule has 1 aromatic rings. The predicted molar refractivity (Wildman–Crippen MR) is 67.0 cm³/mol. The summed E-state index contributed by atoms with van der Waals surface area (Å²) in [7, 11) is 0. The molecule has 0 amide bonds. The Labute approximate surface area is 106 Å². The number of ether oxygens (including phenoxy) is 2. The molecule has 1 atom stereocenters. The van der Waals surface area contributed by atoms with Crippen molar-refractivity contribution in [3.8, 4) is 11.5 Å². The molecule has 0 aromatic heterocycles. The van der Waals surface area contributed by atoms with Crippen LogP contribution in [0.4, 0.5) is 0 Å². The van der Waals surface area contributed by atoms with Gasteiger partial charge in [-0.05, 0) is 49.9 Å². The summed E-state index contributed by atoms with van der Waals surface area (Å²) in [4.78, 5) is 0. The van der Waals surface area contributed by atoms with Crippen LogP contribution in [0.25, 0.3) is 0 Å². The maximum absolute atomic E-state index is 6.21. The number of nitrogens with one attached hydrogen (secondary N) is 1. The highest BCUT2D eigenvalue weighted by Crippen LogP contribution is 2.43. The summed E-state index contributed by atoms with van der Waals surface area (Å²) in [6.07, 6.45) is 3.52. The van der Waals surface area contributed by atoms with E-state index in [1.807, 2.05) is 6.07 Å².